The van der Waals surface area contributed by atoms with E-state index in [-0.39, 0.29) is 17.6 Å². The Hall–Kier alpha value is -2.99. The largest absolute Gasteiger partial charge is 0.481 e. The Balaban J connectivity index is 1.81. The number of methoxy groups -OCH3 is 1. The molecule has 1 aliphatic carbocycles. The molecule has 4 rings (SSSR count). The van der Waals surface area contributed by atoms with Crippen LogP contribution in [0.15, 0.2) is 36.4 Å². The first kappa shape index (κ1) is 18.4. The number of hydrogen-bond donors (Lipinski definition) is 1. The van der Waals surface area contributed by atoms with Gasteiger partial charge in [-0.3, -0.25) is 4.79 Å². The smallest absolute Gasteiger partial charge is 0.220 e. The van der Waals surface area contributed by atoms with Gasteiger partial charge in [-0.1, -0.05) is 23.7 Å². The molecule has 0 aliphatic heterocycles. The lowest BCUT2D eigenvalue weighted by atomic mass is 9.79. The SMILES string of the molecule is COc1cccc(-c2cc(Cl)ccc2C2CC(=O)c3c(C)nc(N)nc3C2)n1. The van der Waals surface area contributed by atoms with Crippen molar-refractivity contribution in [1.29, 1.82) is 0 Å². The molecule has 0 saturated heterocycles. The summed E-state index contributed by atoms with van der Waals surface area (Å²) in [6.07, 6.45) is 0.979. The van der Waals surface area contributed by atoms with Crippen LogP contribution in [0.4, 0.5) is 5.95 Å². The van der Waals surface area contributed by atoms with Gasteiger partial charge in [-0.15, -0.1) is 0 Å². The van der Waals surface area contributed by atoms with E-state index in [0.29, 0.717) is 40.7 Å². The highest BCUT2D eigenvalue weighted by Crippen LogP contribution is 2.38. The summed E-state index contributed by atoms with van der Waals surface area (Å²) in [6.45, 7) is 1.79. The van der Waals surface area contributed by atoms with Gasteiger partial charge in [-0.05, 0) is 43.0 Å². The summed E-state index contributed by atoms with van der Waals surface area (Å²) in [6, 6.07) is 11.2. The molecule has 2 heterocycles. The van der Waals surface area contributed by atoms with Crippen LogP contribution in [0.1, 0.15) is 39.6 Å². The molecule has 0 spiro atoms. The molecule has 1 aromatic carbocycles. The zero-order valence-corrected chi connectivity index (χ0v) is 16.3. The Morgan fingerprint density at radius 3 is 2.75 bits per heavy atom. The second-order valence-corrected chi connectivity index (χ2v) is 7.25. The predicted molar refractivity (Wildman–Crippen MR) is 108 cm³/mol. The van der Waals surface area contributed by atoms with Crippen LogP contribution < -0.4 is 10.5 Å². The summed E-state index contributed by atoms with van der Waals surface area (Å²) >= 11 is 6.27. The number of hydrogen-bond acceptors (Lipinski definition) is 6. The van der Waals surface area contributed by atoms with E-state index in [2.05, 4.69) is 15.0 Å². The van der Waals surface area contributed by atoms with Gasteiger partial charge in [0.05, 0.1) is 29.8 Å². The fourth-order valence-electron chi connectivity index (χ4n) is 3.80. The third kappa shape index (κ3) is 3.31. The molecule has 1 unspecified atom stereocenters. The fourth-order valence-corrected chi connectivity index (χ4v) is 3.97. The molecule has 6 nitrogen and oxygen atoms in total. The molecule has 142 valence electrons. The second kappa shape index (κ2) is 7.20. The van der Waals surface area contributed by atoms with Crippen LogP contribution in [0, 0.1) is 6.92 Å². The maximum Gasteiger partial charge on any atom is 0.220 e. The van der Waals surface area contributed by atoms with E-state index in [1.54, 1.807) is 20.1 Å². The maximum absolute atomic E-state index is 12.8. The summed E-state index contributed by atoms with van der Waals surface area (Å²) in [7, 11) is 1.58. The van der Waals surface area contributed by atoms with Crippen molar-refractivity contribution in [1.82, 2.24) is 15.0 Å². The van der Waals surface area contributed by atoms with Gasteiger partial charge in [0.1, 0.15) is 0 Å². The van der Waals surface area contributed by atoms with E-state index >= 15 is 0 Å². The van der Waals surface area contributed by atoms with Gasteiger partial charge >= 0.3 is 0 Å². The monoisotopic (exact) mass is 394 g/mol. The Kier molecular flexibility index (Phi) is 4.73. The quantitative estimate of drug-likeness (QED) is 0.721. The number of Topliss-reactive ketones (excluding diaryl/α,β-unsaturated/α-hetero) is 1. The van der Waals surface area contributed by atoms with Gasteiger partial charge in [-0.25, -0.2) is 15.0 Å². The molecular formula is C21H19ClN4O2. The minimum absolute atomic E-state index is 0.0308. The number of benzene rings is 1. The minimum Gasteiger partial charge on any atom is -0.481 e. The number of ether oxygens (including phenoxy) is 1. The van der Waals surface area contributed by atoms with Crippen LogP contribution >= 0.6 is 11.6 Å². The van der Waals surface area contributed by atoms with Crippen molar-refractivity contribution in [2.75, 3.05) is 12.8 Å². The Bertz CT molecular complexity index is 1080. The lowest BCUT2D eigenvalue weighted by Gasteiger charge is -2.26. The van der Waals surface area contributed by atoms with E-state index < -0.39 is 0 Å². The van der Waals surface area contributed by atoms with Gasteiger partial charge in [0, 0.05) is 23.1 Å². The first-order chi connectivity index (χ1) is 13.5. The standard InChI is InChI=1S/C21H19ClN4O2/c1-11-20-17(26-21(23)24-11)8-12(9-18(20)27)14-7-6-13(22)10-15(14)16-4-3-5-19(25-16)28-2/h3-7,10,12H,8-9H2,1-2H3,(H2,23,24,26). The fraction of sp³-hybridized carbons (Fsp3) is 0.238. The van der Waals surface area contributed by atoms with Gasteiger partial charge in [0.15, 0.2) is 5.78 Å². The number of halogens is 1. The number of fused-ring (bicyclic) bond motifs is 1. The molecule has 28 heavy (non-hydrogen) atoms. The lowest BCUT2D eigenvalue weighted by molar-refractivity contribution is 0.0962. The van der Waals surface area contributed by atoms with Gasteiger partial charge in [0.25, 0.3) is 0 Å². The Labute approximate surface area is 167 Å². The molecule has 2 aromatic heterocycles. The maximum atomic E-state index is 12.8. The highest BCUT2D eigenvalue weighted by atomic mass is 35.5. The number of nitrogens with zero attached hydrogens (tertiary/aromatic N) is 3. The van der Waals surface area contributed by atoms with Crippen LogP contribution in [-0.2, 0) is 6.42 Å². The van der Waals surface area contributed by atoms with Crippen LogP contribution in [-0.4, -0.2) is 27.8 Å². The molecule has 0 fully saturated rings. The van der Waals surface area contributed by atoms with Gasteiger partial charge in [0.2, 0.25) is 11.8 Å². The van der Waals surface area contributed by atoms with E-state index in [1.165, 1.54) is 0 Å². The topological polar surface area (TPSA) is 91.0 Å². The zero-order valence-electron chi connectivity index (χ0n) is 15.6. The van der Waals surface area contributed by atoms with Crippen molar-refractivity contribution in [3.8, 4) is 17.1 Å². The Morgan fingerprint density at radius 2 is 1.96 bits per heavy atom. The van der Waals surface area contributed by atoms with Crippen molar-refractivity contribution in [2.24, 2.45) is 0 Å². The highest BCUT2D eigenvalue weighted by molar-refractivity contribution is 6.30. The summed E-state index contributed by atoms with van der Waals surface area (Å²) in [4.78, 5) is 25.8. The molecule has 0 saturated carbocycles. The highest BCUT2D eigenvalue weighted by Gasteiger charge is 2.31. The predicted octanol–water partition coefficient (Wildman–Crippen LogP) is 4.00. The van der Waals surface area contributed by atoms with E-state index in [9.17, 15) is 4.79 Å². The molecule has 1 aliphatic rings. The summed E-state index contributed by atoms with van der Waals surface area (Å²) in [5.74, 6) is 0.692. The molecule has 1 atom stereocenters. The van der Waals surface area contributed by atoms with Gasteiger partial charge < -0.3 is 10.5 Å². The van der Waals surface area contributed by atoms with Crippen molar-refractivity contribution < 1.29 is 9.53 Å². The molecule has 7 heteroatoms. The first-order valence-electron chi connectivity index (χ1n) is 8.93. The number of nitrogens with two attached hydrogens (primary N) is 1. The molecule has 0 bridgehead atoms. The van der Waals surface area contributed by atoms with Crippen LogP contribution in [0.25, 0.3) is 11.3 Å². The Morgan fingerprint density at radius 1 is 1.14 bits per heavy atom. The summed E-state index contributed by atoms with van der Waals surface area (Å²) < 4.78 is 5.25. The van der Waals surface area contributed by atoms with Gasteiger partial charge in [-0.2, -0.15) is 0 Å². The second-order valence-electron chi connectivity index (χ2n) is 6.81. The van der Waals surface area contributed by atoms with E-state index in [4.69, 9.17) is 22.1 Å². The minimum atomic E-state index is -0.0473. The average molecular weight is 395 g/mol. The van der Waals surface area contributed by atoms with Crippen LogP contribution in [0.2, 0.25) is 5.02 Å². The molecule has 3 aromatic rings. The number of carbonyl (C=O) groups is 1. The van der Waals surface area contributed by atoms with Crippen molar-refractivity contribution >= 4 is 23.3 Å². The molecule has 0 radical (unpaired) electrons. The van der Waals surface area contributed by atoms with E-state index in [1.807, 2.05) is 30.3 Å². The molecular weight excluding hydrogens is 376 g/mol. The summed E-state index contributed by atoms with van der Waals surface area (Å²) in [5.41, 5.74) is 10.4. The summed E-state index contributed by atoms with van der Waals surface area (Å²) in [5, 5.41) is 0.605. The van der Waals surface area contributed by atoms with Crippen LogP contribution in [0.3, 0.4) is 0 Å². The number of carbonyl (C=O) groups excluding carboxylic acids is 1. The van der Waals surface area contributed by atoms with Crippen LogP contribution in [0.5, 0.6) is 5.88 Å². The zero-order chi connectivity index (χ0) is 19.8. The number of ketones is 1. The third-order valence-electron chi connectivity index (χ3n) is 5.00. The number of anilines is 1. The average Bonchev–Trinajstić information content (AvgIpc) is 2.67. The third-order valence-corrected chi connectivity index (χ3v) is 5.23. The lowest BCUT2D eigenvalue weighted by Crippen LogP contribution is -2.23. The van der Waals surface area contributed by atoms with Crippen molar-refractivity contribution in [3.63, 3.8) is 0 Å². The number of nitrogen functional groups attached to an aromatic ring is 1. The number of aryl methyl sites for hydroxylation is 1. The van der Waals surface area contributed by atoms with Crippen molar-refractivity contribution in [3.05, 3.63) is 63.9 Å². The molecule has 2 N–H and O–H groups in total. The number of pyridine rings is 1. The first-order valence-corrected chi connectivity index (χ1v) is 9.31. The van der Waals surface area contributed by atoms with Crippen molar-refractivity contribution in [2.45, 2.75) is 25.7 Å². The number of rotatable bonds is 3. The number of aromatic nitrogens is 3. The normalized spacial score (nSPS) is 16.0. The molecule has 0 amide bonds. The van der Waals surface area contributed by atoms with E-state index in [0.717, 1.165) is 16.8 Å².